The summed E-state index contributed by atoms with van der Waals surface area (Å²) in [6.07, 6.45) is 10.9. The molecule has 4 aromatic heterocycles. The van der Waals surface area contributed by atoms with E-state index in [1.807, 2.05) is 12.3 Å². The average Bonchev–Trinajstić information content (AvgIpc) is 3.23. The minimum Gasteiger partial charge on any atom is -0.368 e. The second-order valence-electron chi connectivity index (χ2n) is 7.15. The number of nitrogens with one attached hydrogen (secondary N) is 1. The molecule has 1 aliphatic carbocycles. The van der Waals surface area contributed by atoms with Gasteiger partial charge < -0.3 is 10.3 Å². The maximum atomic E-state index is 5.56. The van der Waals surface area contributed by atoms with Crippen molar-refractivity contribution in [3.8, 4) is 22.7 Å². The first-order chi connectivity index (χ1) is 13.6. The normalized spacial score (nSPS) is 16.0. The Morgan fingerprint density at radius 3 is 2.54 bits per heavy atom. The van der Waals surface area contributed by atoms with Gasteiger partial charge in [-0.15, -0.1) is 0 Å². The summed E-state index contributed by atoms with van der Waals surface area (Å²) in [6, 6.07) is 4.02. The SMILES string of the molecule is CC(c1ccc(-c2cnc(N)nc2)nc1)(c1noc(-c2cn[nH]c2)n1)C1CC1. The van der Waals surface area contributed by atoms with Crippen molar-refractivity contribution >= 4 is 5.95 Å². The highest BCUT2D eigenvalue weighted by molar-refractivity contribution is 5.58. The molecule has 0 amide bonds. The van der Waals surface area contributed by atoms with Crippen LogP contribution in [0.1, 0.15) is 31.2 Å². The zero-order chi connectivity index (χ0) is 19.1. The van der Waals surface area contributed by atoms with Crippen molar-refractivity contribution in [2.24, 2.45) is 5.92 Å². The number of aromatic nitrogens is 7. The highest BCUT2D eigenvalue weighted by Crippen LogP contribution is 2.50. The molecule has 0 aliphatic heterocycles. The van der Waals surface area contributed by atoms with Crippen molar-refractivity contribution in [1.29, 1.82) is 0 Å². The van der Waals surface area contributed by atoms with Gasteiger partial charge in [0, 0.05) is 30.4 Å². The Hall–Kier alpha value is -3.62. The molecule has 0 bridgehead atoms. The summed E-state index contributed by atoms with van der Waals surface area (Å²) in [5.74, 6) is 1.82. The van der Waals surface area contributed by atoms with Gasteiger partial charge in [-0.3, -0.25) is 10.1 Å². The predicted molar refractivity (Wildman–Crippen MR) is 101 cm³/mol. The lowest BCUT2D eigenvalue weighted by Gasteiger charge is -2.26. The number of rotatable bonds is 5. The maximum absolute atomic E-state index is 5.56. The molecule has 9 heteroatoms. The van der Waals surface area contributed by atoms with Crippen LogP contribution in [-0.4, -0.2) is 35.3 Å². The Morgan fingerprint density at radius 2 is 1.89 bits per heavy atom. The number of nitrogen functional groups attached to an aromatic ring is 1. The second-order valence-corrected chi connectivity index (χ2v) is 7.15. The van der Waals surface area contributed by atoms with E-state index in [0.29, 0.717) is 17.6 Å². The number of hydrogen-bond acceptors (Lipinski definition) is 8. The van der Waals surface area contributed by atoms with Crippen LogP contribution in [0, 0.1) is 5.92 Å². The Labute approximate surface area is 160 Å². The summed E-state index contributed by atoms with van der Waals surface area (Å²) in [4.78, 5) is 17.3. The zero-order valence-electron chi connectivity index (χ0n) is 15.2. The molecule has 1 fully saturated rings. The van der Waals surface area contributed by atoms with Crippen LogP contribution in [0.2, 0.25) is 0 Å². The minimum absolute atomic E-state index is 0.243. The van der Waals surface area contributed by atoms with Crippen molar-refractivity contribution in [2.45, 2.75) is 25.2 Å². The van der Waals surface area contributed by atoms with Crippen molar-refractivity contribution in [1.82, 2.24) is 35.3 Å². The lowest BCUT2D eigenvalue weighted by molar-refractivity contribution is 0.386. The van der Waals surface area contributed by atoms with E-state index in [1.165, 1.54) is 0 Å². The predicted octanol–water partition coefficient (Wildman–Crippen LogP) is 2.61. The van der Waals surface area contributed by atoms with E-state index in [4.69, 9.17) is 10.3 Å². The molecular weight excluding hydrogens is 356 g/mol. The quantitative estimate of drug-likeness (QED) is 0.545. The second kappa shape index (κ2) is 6.22. The molecule has 4 aromatic rings. The fraction of sp³-hybridized carbons (Fsp3) is 0.263. The van der Waals surface area contributed by atoms with Gasteiger partial charge in [-0.2, -0.15) is 10.1 Å². The number of nitrogens with two attached hydrogens (primary N) is 1. The lowest BCUT2D eigenvalue weighted by atomic mass is 9.77. The molecule has 1 saturated carbocycles. The third kappa shape index (κ3) is 2.72. The van der Waals surface area contributed by atoms with Crippen LogP contribution in [-0.2, 0) is 5.41 Å². The molecule has 5 rings (SSSR count). The fourth-order valence-electron chi connectivity index (χ4n) is 3.47. The van der Waals surface area contributed by atoms with E-state index in [-0.39, 0.29) is 11.4 Å². The molecule has 0 radical (unpaired) electrons. The highest BCUT2D eigenvalue weighted by atomic mass is 16.5. The standard InChI is InChI=1S/C19H18N8O/c1-19(13-2-3-13,17-26-16(28-27-17)12-8-24-25-9-12)14-4-5-15(21-10-14)11-6-22-18(20)23-7-11/h4-10,13H,2-3H2,1H3,(H,24,25)(H2,20,22,23). The van der Waals surface area contributed by atoms with Crippen LogP contribution in [0.25, 0.3) is 22.7 Å². The third-order valence-corrected chi connectivity index (χ3v) is 5.36. The van der Waals surface area contributed by atoms with Crippen LogP contribution < -0.4 is 5.73 Å². The van der Waals surface area contributed by atoms with Crippen LogP contribution in [0.3, 0.4) is 0 Å². The van der Waals surface area contributed by atoms with E-state index in [1.54, 1.807) is 24.8 Å². The smallest absolute Gasteiger partial charge is 0.261 e. The summed E-state index contributed by atoms with van der Waals surface area (Å²) in [5.41, 5.74) is 8.61. The molecular formula is C19H18N8O. The number of nitrogens with zero attached hydrogens (tertiary/aromatic N) is 6. The van der Waals surface area contributed by atoms with E-state index in [2.05, 4.69) is 48.3 Å². The summed E-state index contributed by atoms with van der Waals surface area (Å²) in [7, 11) is 0. The number of H-pyrrole nitrogens is 1. The maximum Gasteiger partial charge on any atom is 0.261 e. The molecule has 0 spiro atoms. The van der Waals surface area contributed by atoms with Crippen molar-refractivity contribution < 1.29 is 4.52 Å². The molecule has 1 atom stereocenters. The molecule has 4 heterocycles. The van der Waals surface area contributed by atoms with E-state index in [0.717, 1.165) is 35.2 Å². The van der Waals surface area contributed by atoms with Gasteiger partial charge >= 0.3 is 0 Å². The number of pyridine rings is 1. The zero-order valence-corrected chi connectivity index (χ0v) is 15.2. The number of hydrogen-bond donors (Lipinski definition) is 2. The summed E-state index contributed by atoms with van der Waals surface area (Å²) in [5, 5.41) is 11.0. The molecule has 0 aromatic carbocycles. The first-order valence-corrected chi connectivity index (χ1v) is 9.02. The summed E-state index contributed by atoms with van der Waals surface area (Å²) in [6.45, 7) is 2.15. The van der Waals surface area contributed by atoms with Gasteiger partial charge in [-0.25, -0.2) is 9.97 Å². The number of anilines is 1. The molecule has 3 N–H and O–H groups in total. The molecule has 140 valence electrons. The highest BCUT2D eigenvalue weighted by Gasteiger charge is 2.47. The topological polar surface area (TPSA) is 132 Å². The van der Waals surface area contributed by atoms with Gasteiger partial charge in [0.05, 0.1) is 22.9 Å². The Kier molecular flexibility index (Phi) is 3.68. The van der Waals surface area contributed by atoms with E-state index >= 15 is 0 Å². The van der Waals surface area contributed by atoms with Crippen molar-refractivity contribution in [3.63, 3.8) is 0 Å². The van der Waals surface area contributed by atoms with Gasteiger partial charge in [-0.1, -0.05) is 11.2 Å². The monoisotopic (exact) mass is 374 g/mol. The van der Waals surface area contributed by atoms with Gasteiger partial charge in [-0.05, 0) is 37.3 Å². The van der Waals surface area contributed by atoms with Crippen LogP contribution in [0.4, 0.5) is 5.95 Å². The van der Waals surface area contributed by atoms with Gasteiger partial charge in [0.15, 0.2) is 5.82 Å². The average molecular weight is 374 g/mol. The van der Waals surface area contributed by atoms with E-state index < -0.39 is 0 Å². The van der Waals surface area contributed by atoms with Gasteiger partial charge in [0.2, 0.25) is 5.95 Å². The number of aromatic amines is 1. The van der Waals surface area contributed by atoms with Crippen LogP contribution >= 0.6 is 0 Å². The summed E-state index contributed by atoms with van der Waals surface area (Å²) >= 11 is 0. The van der Waals surface area contributed by atoms with E-state index in [9.17, 15) is 0 Å². The van der Waals surface area contributed by atoms with Gasteiger partial charge in [0.1, 0.15) is 0 Å². The Bertz CT molecular complexity index is 1080. The first-order valence-electron chi connectivity index (χ1n) is 9.02. The lowest BCUT2D eigenvalue weighted by Crippen LogP contribution is -2.28. The molecule has 1 unspecified atom stereocenters. The molecule has 1 aliphatic rings. The summed E-state index contributed by atoms with van der Waals surface area (Å²) < 4.78 is 5.49. The first kappa shape index (κ1) is 16.5. The van der Waals surface area contributed by atoms with Crippen LogP contribution in [0.5, 0.6) is 0 Å². The fourth-order valence-corrected chi connectivity index (χ4v) is 3.47. The van der Waals surface area contributed by atoms with Gasteiger partial charge in [0.25, 0.3) is 5.89 Å². The molecule has 0 saturated heterocycles. The Morgan fingerprint density at radius 1 is 1.07 bits per heavy atom. The minimum atomic E-state index is -0.366. The van der Waals surface area contributed by atoms with Crippen molar-refractivity contribution in [3.05, 3.63) is 54.5 Å². The van der Waals surface area contributed by atoms with Crippen LogP contribution in [0.15, 0.2) is 47.6 Å². The van der Waals surface area contributed by atoms with Crippen molar-refractivity contribution in [2.75, 3.05) is 5.73 Å². The third-order valence-electron chi connectivity index (χ3n) is 5.36. The largest absolute Gasteiger partial charge is 0.368 e. The molecule has 9 nitrogen and oxygen atoms in total. The Balaban J connectivity index is 1.50. The molecule has 28 heavy (non-hydrogen) atoms.